The molecule has 0 fully saturated rings. The first-order valence-corrected chi connectivity index (χ1v) is 5.07. The molecule has 0 unspecified atom stereocenters. The van der Waals surface area contributed by atoms with E-state index in [1.165, 1.54) is 0 Å². The van der Waals surface area contributed by atoms with Crippen LogP contribution < -0.4 is 9.84 Å². The Balaban J connectivity index is 2.18. The smallest absolute Gasteiger partial charge is 0.166 e. The molecule has 2 rings (SSSR count). The third-order valence-corrected chi connectivity index (χ3v) is 2.67. The highest BCUT2D eigenvalue weighted by molar-refractivity contribution is 6.02. The molecule has 0 bridgehead atoms. The fourth-order valence-electron chi connectivity index (χ4n) is 1.90. The van der Waals surface area contributed by atoms with E-state index in [-0.39, 0.29) is 11.7 Å². The van der Waals surface area contributed by atoms with Crippen LogP contribution in [0.3, 0.4) is 0 Å². The predicted molar refractivity (Wildman–Crippen MR) is 54.1 cm³/mol. The average molecular weight is 219 g/mol. The molecule has 0 amide bonds. The fourth-order valence-corrected chi connectivity index (χ4v) is 1.90. The number of carbonyl (C=O) groups is 2. The number of carboxylic acids is 1. The molecule has 84 valence electrons. The molecule has 1 aromatic rings. The monoisotopic (exact) mass is 219 g/mol. The molecule has 1 aliphatic rings. The van der Waals surface area contributed by atoms with Crippen molar-refractivity contribution in [3.63, 3.8) is 0 Å². The molecule has 0 saturated heterocycles. The number of rotatable bonds is 3. The van der Waals surface area contributed by atoms with E-state index in [1.54, 1.807) is 18.2 Å². The lowest BCUT2D eigenvalue weighted by Gasteiger charge is -2.07. The van der Waals surface area contributed by atoms with Crippen LogP contribution in [0.2, 0.25) is 0 Å². The molecule has 0 saturated carbocycles. The van der Waals surface area contributed by atoms with Gasteiger partial charge in [-0.15, -0.1) is 0 Å². The van der Waals surface area contributed by atoms with E-state index >= 15 is 0 Å². The van der Waals surface area contributed by atoms with Crippen LogP contribution in [0.1, 0.15) is 22.8 Å². The number of aliphatic carboxylic acids is 1. The molecule has 0 aliphatic heterocycles. The number of hydrogen-bond donors (Lipinski definition) is 0. The Kier molecular flexibility index (Phi) is 2.64. The second kappa shape index (κ2) is 3.96. The SMILES string of the molecule is C[C@@H]1Cc2cc(OCC(=O)[O-])ccc2C1=O. The Morgan fingerprint density at radius 2 is 2.31 bits per heavy atom. The Labute approximate surface area is 92.8 Å². The Morgan fingerprint density at radius 1 is 1.56 bits per heavy atom. The lowest BCUT2D eigenvalue weighted by atomic mass is 10.1. The summed E-state index contributed by atoms with van der Waals surface area (Å²) in [5.74, 6) is -0.650. The minimum Gasteiger partial charge on any atom is -0.546 e. The molecule has 1 aliphatic carbocycles. The van der Waals surface area contributed by atoms with Gasteiger partial charge < -0.3 is 14.6 Å². The van der Waals surface area contributed by atoms with Gasteiger partial charge in [0.25, 0.3) is 0 Å². The van der Waals surface area contributed by atoms with Crippen molar-refractivity contribution < 1.29 is 19.4 Å². The van der Waals surface area contributed by atoms with Crippen molar-refractivity contribution in [2.24, 2.45) is 5.92 Å². The first kappa shape index (κ1) is 10.7. The molecule has 0 N–H and O–H groups in total. The number of ether oxygens (including phenoxy) is 1. The van der Waals surface area contributed by atoms with Gasteiger partial charge >= 0.3 is 0 Å². The highest BCUT2D eigenvalue weighted by Gasteiger charge is 2.26. The third kappa shape index (κ3) is 1.91. The zero-order chi connectivity index (χ0) is 11.7. The molecule has 0 aromatic heterocycles. The zero-order valence-corrected chi connectivity index (χ0v) is 8.86. The minimum absolute atomic E-state index is 0.00592. The fraction of sp³-hybridized carbons (Fsp3) is 0.333. The van der Waals surface area contributed by atoms with Crippen LogP contribution >= 0.6 is 0 Å². The summed E-state index contributed by atoms with van der Waals surface area (Å²) in [6, 6.07) is 5.02. The second-order valence-electron chi connectivity index (χ2n) is 3.95. The van der Waals surface area contributed by atoms with Crippen LogP contribution in [0.4, 0.5) is 0 Å². The molecule has 0 spiro atoms. The van der Waals surface area contributed by atoms with Gasteiger partial charge in [0.1, 0.15) is 12.4 Å². The lowest BCUT2D eigenvalue weighted by molar-refractivity contribution is -0.307. The highest BCUT2D eigenvalue weighted by atomic mass is 16.5. The first-order valence-electron chi connectivity index (χ1n) is 5.07. The number of carbonyl (C=O) groups excluding carboxylic acids is 2. The van der Waals surface area contributed by atoms with Crippen LogP contribution in [-0.4, -0.2) is 18.4 Å². The predicted octanol–water partition coefficient (Wildman–Crippen LogP) is 0.190. The van der Waals surface area contributed by atoms with Crippen molar-refractivity contribution in [3.8, 4) is 5.75 Å². The maximum Gasteiger partial charge on any atom is 0.166 e. The van der Waals surface area contributed by atoms with E-state index in [1.807, 2.05) is 6.92 Å². The maximum atomic E-state index is 11.6. The lowest BCUT2D eigenvalue weighted by Crippen LogP contribution is -2.28. The summed E-state index contributed by atoms with van der Waals surface area (Å²) in [6.07, 6.45) is 0.691. The van der Waals surface area contributed by atoms with E-state index in [0.29, 0.717) is 17.7 Å². The molecule has 16 heavy (non-hydrogen) atoms. The van der Waals surface area contributed by atoms with Gasteiger partial charge in [0.05, 0.1) is 5.97 Å². The van der Waals surface area contributed by atoms with Gasteiger partial charge in [-0.1, -0.05) is 6.92 Å². The molecule has 4 heteroatoms. The van der Waals surface area contributed by atoms with Gasteiger partial charge in [-0.05, 0) is 30.2 Å². The number of benzene rings is 1. The molecular weight excluding hydrogens is 208 g/mol. The summed E-state index contributed by atoms with van der Waals surface area (Å²) in [6.45, 7) is 1.41. The maximum absolute atomic E-state index is 11.6. The minimum atomic E-state index is -1.26. The van der Waals surface area contributed by atoms with Crippen LogP contribution in [-0.2, 0) is 11.2 Å². The van der Waals surface area contributed by atoms with Crippen molar-refractivity contribution >= 4 is 11.8 Å². The highest BCUT2D eigenvalue weighted by Crippen LogP contribution is 2.29. The normalized spacial score (nSPS) is 18.3. The molecule has 0 heterocycles. The van der Waals surface area contributed by atoms with Crippen LogP contribution in [0.25, 0.3) is 0 Å². The van der Waals surface area contributed by atoms with Crippen molar-refractivity contribution in [1.29, 1.82) is 0 Å². The molecule has 0 radical (unpaired) electrons. The summed E-state index contributed by atoms with van der Waals surface area (Å²) in [5, 5.41) is 10.2. The van der Waals surface area contributed by atoms with Crippen LogP contribution in [0, 0.1) is 5.92 Å². The van der Waals surface area contributed by atoms with E-state index in [2.05, 4.69) is 0 Å². The quantitative estimate of drug-likeness (QED) is 0.727. The van der Waals surface area contributed by atoms with E-state index in [4.69, 9.17) is 4.74 Å². The van der Waals surface area contributed by atoms with Crippen molar-refractivity contribution in [2.45, 2.75) is 13.3 Å². The first-order chi connectivity index (χ1) is 7.58. The van der Waals surface area contributed by atoms with Gasteiger partial charge in [0, 0.05) is 11.5 Å². The van der Waals surface area contributed by atoms with E-state index in [0.717, 1.165) is 5.56 Å². The van der Waals surface area contributed by atoms with E-state index in [9.17, 15) is 14.7 Å². The Morgan fingerprint density at radius 3 is 3.00 bits per heavy atom. The summed E-state index contributed by atoms with van der Waals surface area (Å²) >= 11 is 0. The molecular formula is C12H11O4-. The second-order valence-corrected chi connectivity index (χ2v) is 3.95. The summed E-state index contributed by atoms with van der Waals surface area (Å²) < 4.78 is 4.99. The molecule has 1 atom stereocenters. The van der Waals surface area contributed by atoms with E-state index < -0.39 is 12.6 Å². The topological polar surface area (TPSA) is 66.4 Å². The Bertz CT molecular complexity index is 450. The Hall–Kier alpha value is -1.84. The standard InChI is InChI=1S/C12H12O4/c1-7-4-8-5-9(16-6-11(13)14)2-3-10(8)12(7)15/h2-3,5,7H,4,6H2,1H3,(H,13,14)/p-1/t7-/m1/s1. The third-order valence-electron chi connectivity index (χ3n) is 2.67. The molecule has 4 nitrogen and oxygen atoms in total. The average Bonchev–Trinajstić information content (AvgIpc) is 2.52. The summed E-state index contributed by atoms with van der Waals surface area (Å²) in [7, 11) is 0. The number of ketones is 1. The largest absolute Gasteiger partial charge is 0.546 e. The number of hydrogen-bond acceptors (Lipinski definition) is 4. The van der Waals surface area contributed by atoms with Crippen LogP contribution in [0.5, 0.6) is 5.75 Å². The van der Waals surface area contributed by atoms with Crippen LogP contribution in [0.15, 0.2) is 18.2 Å². The van der Waals surface area contributed by atoms with Crippen molar-refractivity contribution in [1.82, 2.24) is 0 Å². The summed E-state index contributed by atoms with van der Waals surface area (Å²) in [5.41, 5.74) is 1.64. The number of carboxylic acid groups (broad SMARTS) is 1. The van der Waals surface area contributed by atoms with Gasteiger partial charge in [-0.2, -0.15) is 0 Å². The number of fused-ring (bicyclic) bond motifs is 1. The van der Waals surface area contributed by atoms with Crippen molar-refractivity contribution in [3.05, 3.63) is 29.3 Å². The van der Waals surface area contributed by atoms with Crippen molar-refractivity contribution in [2.75, 3.05) is 6.61 Å². The zero-order valence-electron chi connectivity index (χ0n) is 8.86. The van der Waals surface area contributed by atoms with Gasteiger partial charge in [-0.25, -0.2) is 0 Å². The van der Waals surface area contributed by atoms with Gasteiger partial charge in [-0.3, -0.25) is 4.79 Å². The number of Topliss-reactive ketones (excluding diaryl/α,β-unsaturated/α-hetero) is 1. The molecule has 1 aromatic carbocycles. The van der Waals surface area contributed by atoms with Gasteiger partial charge in [0.15, 0.2) is 5.78 Å². The van der Waals surface area contributed by atoms with Gasteiger partial charge in [0.2, 0.25) is 0 Å². The summed E-state index contributed by atoms with van der Waals surface area (Å²) in [4.78, 5) is 21.8.